The monoisotopic (exact) mass is 213 g/mol. The van der Waals surface area contributed by atoms with Crippen molar-refractivity contribution < 1.29 is 9.44 Å². The highest BCUT2D eigenvalue weighted by Crippen LogP contribution is 2.21. The van der Waals surface area contributed by atoms with Crippen molar-refractivity contribution >= 4 is 6.03 Å². The molecule has 0 aliphatic carbocycles. The highest BCUT2D eigenvalue weighted by Gasteiger charge is 2.37. The smallest absolute Gasteiger partial charge is 0.424 e. The maximum absolute atomic E-state index is 11.8. The predicted octanol–water partition coefficient (Wildman–Crippen LogP) is 1.36. The van der Waals surface area contributed by atoms with Gasteiger partial charge in [-0.1, -0.05) is 13.3 Å². The average molecular weight is 213 g/mol. The highest BCUT2D eigenvalue weighted by atomic mass is 16.6. The van der Waals surface area contributed by atoms with Crippen LogP contribution in [-0.2, 0) is 0 Å². The quantitative estimate of drug-likeness (QED) is 0.568. The van der Waals surface area contributed by atoms with Gasteiger partial charge < -0.3 is 10.9 Å². The third-order valence-electron chi connectivity index (χ3n) is 2.72. The lowest BCUT2D eigenvalue weighted by Crippen LogP contribution is -2.57. The standard InChI is InChI=1S/C10H19N3O2/c1-4-5-6-12-8(2)9(11)7-13(3,15)10(12)14/h7-8H,4-6,11H2,1-3H3. The number of carbonyl (C=O) groups excluding carboxylic acids is 1. The molecule has 0 aromatic heterocycles. The summed E-state index contributed by atoms with van der Waals surface area (Å²) in [6.07, 6.45) is 3.15. The number of hydrogen-bond acceptors (Lipinski definition) is 3. The molecule has 5 nitrogen and oxygen atoms in total. The summed E-state index contributed by atoms with van der Waals surface area (Å²) in [5, 5.41) is 11.8. The molecule has 0 spiro atoms. The maximum atomic E-state index is 11.8. The fourth-order valence-electron chi connectivity index (χ4n) is 1.67. The fraction of sp³-hybridized carbons (Fsp3) is 0.700. The summed E-state index contributed by atoms with van der Waals surface area (Å²) >= 11 is 0. The summed E-state index contributed by atoms with van der Waals surface area (Å²) < 4.78 is -1.03. The number of hydrogen-bond donors (Lipinski definition) is 1. The Labute approximate surface area is 90.3 Å². The molecule has 0 saturated carbocycles. The van der Waals surface area contributed by atoms with Gasteiger partial charge in [0.25, 0.3) is 0 Å². The van der Waals surface area contributed by atoms with Gasteiger partial charge in [-0.3, -0.25) is 9.55 Å². The van der Waals surface area contributed by atoms with Crippen LogP contribution in [-0.4, -0.2) is 35.2 Å². The molecule has 0 aromatic carbocycles. The van der Waals surface area contributed by atoms with Crippen LogP contribution >= 0.6 is 0 Å². The predicted molar refractivity (Wildman–Crippen MR) is 58.3 cm³/mol. The van der Waals surface area contributed by atoms with Crippen LogP contribution in [0.3, 0.4) is 0 Å². The van der Waals surface area contributed by atoms with Gasteiger partial charge in [0.05, 0.1) is 18.8 Å². The Morgan fingerprint density at radius 3 is 2.80 bits per heavy atom. The van der Waals surface area contributed by atoms with E-state index in [1.54, 1.807) is 4.90 Å². The summed E-state index contributed by atoms with van der Waals surface area (Å²) in [5.41, 5.74) is 6.21. The Morgan fingerprint density at radius 2 is 2.27 bits per heavy atom. The first-order chi connectivity index (χ1) is 6.90. The summed E-state index contributed by atoms with van der Waals surface area (Å²) in [6, 6.07) is -0.589. The largest absolute Gasteiger partial charge is 0.619 e. The van der Waals surface area contributed by atoms with E-state index in [9.17, 15) is 10.0 Å². The molecule has 0 saturated heterocycles. The lowest BCUT2D eigenvalue weighted by atomic mass is 10.1. The second kappa shape index (κ2) is 4.20. The van der Waals surface area contributed by atoms with Crippen LogP contribution in [0, 0.1) is 5.21 Å². The first kappa shape index (κ1) is 12.0. The number of amides is 2. The second-order valence-corrected chi connectivity index (χ2v) is 4.12. The SMILES string of the molecule is CCCCN1C(=O)[N+](C)([O-])C=C(N)C1C. The van der Waals surface area contributed by atoms with Crippen LogP contribution in [0.4, 0.5) is 4.79 Å². The van der Waals surface area contributed by atoms with E-state index in [4.69, 9.17) is 5.73 Å². The zero-order valence-electron chi connectivity index (χ0n) is 9.56. The minimum atomic E-state index is -1.03. The van der Waals surface area contributed by atoms with E-state index in [0.717, 1.165) is 12.8 Å². The first-order valence-electron chi connectivity index (χ1n) is 5.26. The molecule has 2 amide bonds. The van der Waals surface area contributed by atoms with Gasteiger partial charge in [0.1, 0.15) is 6.20 Å². The number of urea groups is 1. The topological polar surface area (TPSA) is 69.4 Å². The third kappa shape index (κ3) is 2.30. The van der Waals surface area contributed by atoms with Crippen LogP contribution in [0.2, 0.25) is 0 Å². The summed E-state index contributed by atoms with van der Waals surface area (Å²) in [5.74, 6) is 0. The second-order valence-electron chi connectivity index (χ2n) is 4.12. The minimum Gasteiger partial charge on any atom is -0.619 e. The molecule has 0 fully saturated rings. The van der Waals surface area contributed by atoms with E-state index in [0.29, 0.717) is 12.2 Å². The van der Waals surface area contributed by atoms with Crippen molar-refractivity contribution in [3.05, 3.63) is 17.1 Å². The zero-order chi connectivity index (χ0) is 11.6. The van der Waals surface area contributed by atoms with Gasteiger partial charge >= 0.3 is 6.03 Å². The molecule has 1 heterocycles. The van der Waals surface area contributed by atoms with E-state index in [1.165, 1.54) is 13.2 Å². The van der Waals surface area contributed by atoms with Gasteiger partial charge in [0.2, 0.25) is 0 Å². The Hall–Kier alpha value is -1.07. The van der Waals surface area contributed by atoms with E-state index in [-0.39, 0.29) is 6.04 Å². The Balaban J connectivity index is 2.88. The molecule has 0 aromatic rings. The Kier molecular flexibility index (Phi) is 3.36. The normalized spacial score (nSPS) is 31.7. The molecule has 0 radical (unpaired) electrons. The molecule has 1 rings (SSSR count). The molecule has 5 heteroatoms. The molecule has 2 unspecified atom stereocenters. The fourth-order valence-corrected chi connectivity index (χ4v) is 1.67. The van der Waals surface area contributed by atoms with Crippen LogP contribution in [0.25, 0.3) is 0 Å². The van der Waals surface area contributed by atoms with Crippen LogP contribution in [0.5, 0.6) is 0 Å². The number of unbranched alkanes of at least 4 members (excludes halogenated alkanes) is 1. The van der Waals surface area contributed by atoms with Gasteiger partial charge in [0, 0.05) is 6.54 Å². The highest BCUT2D eigenvalue weighted by molar-refractivity contribution is 5.70. The van der Waals surface area contributed by atoms with Crippen molar-refractivity contribution in [1.82, 2.24) is 4.90 Å². The maximum Gasteiger partial charge on any atom is 0.424 e. The summed E-state index contributed by atoms with van der Waals surface area (Å²) in [6.45, 7) is 4.49. The zero-order valence-corrected chi connectivity index (χ0v) is 9.56. The van der Waals surface area contributed by atoms with Crippen molar-refractivity contribution in [3.63, 3.8) is 0 Å². The number of quaternary nitrogens is 1. The van der Waals surface area contributed by atoms with Gasteiger partial charge in [-0.15, -0.1) is 0 Å². The van der Waals surface area contributed by atoms with E-state index in [1.807, 2.05) is 13.8 Å². The van der Waals surface area contributed by atoms with Crippen LogP contribution in [0.15, 0.2) is 11.9 Å². The van der Waals surface area contributed by atoms with Gasteiger partial charge in [-0.05, 0) is 13.3 Å². The van der Waals surface area contributed by atoms with Gasteiger partial charge in [0.15, 0.2) is 0 Å². The number of hydroxylamine groups is 3. The number of nitrogens with two attached hydrogens (primary N) is 1. The van der Waals surface area contributed by atoms with Crippen LogP contribution < -0.4 is 5.73 Å². The third-order valence-corrected chi connectivity index (χ3v) is 2.72. The van der Waals surface area contributed by atoms with Crippen molar-refractivity contribution in [2.24, 2.45) is 5.73 Å². The van der Waals surface area contributed by atoms with Crippen molar-refractivity contribution in [2.75, 3.05) is 13.6 Å². The molecule has 15 heavy (non-hydrogen) atoms. The average Bonchev–Trinajstić information content (AvgIpc) is 2.15. The van der Waals surface area contributed by atoms with Crippen molar-refractivity contribution in [3.8, 4) is 0 Å². The number of carbonyl (C=O) groups is 1. The first-order valence-corrected chi connectivity index (χ1v) is 5.26. The molecule has 2 atom stereocenters. The Bertz CT molecular complexity index is 286. The molecular formula is C10H19N3O2. The molecular weight excluding hydrogens is 194 g/mol. The lowest BCUT2D eigenvalue weighted by Gasteiger charge is -2.42. The van der Waals surface area contributed by atoms with Gasteiger partial charge in [-0.2, -0.15) is 0 Å². The Morgan fingerprint density at radius 1 is 1.67 bits per heavy atom. The lowest BCUT2D eigenvalue weighted by molar-refractivity contribution is -0.728. The van der Waals surface area contributed by atoms with E-state index < -0.39 is 10.7 Å². The van der Waals surface area contributed by atoms with E-state index >= 15 is 0 Å². The molecule has 86 valence electrons. The molecule has 0 bridgehead atoms. The molecule has 2 N–H and O–H groups in total. The molecule has 1 aliphatic heterocycles. The van der Waals surface area contributed by atoms with Gasteiger partial charge in [-0.25, -0.2) is 4.79 Å². The number of nitrogens with zero attached hydrogens (tertiary/aromatic N) is 2. The van der Waals surface area contributed by atoms with Crippen LogP contribution in [0.1, 0.15) is 26.7 Å². The number of rotatable bonds is 3. The minimum absolute atomic E-state index is 0.163. The molecule has 1 aliphatic rings. The van der Waals surface area contributed by atoms with E-state index in [2.05, 4.69) is 0 Å². The van der Waals surface area contributed by atoms with Crippen molar-refractivity contribution in [2.45, 2.75) is 32.7 Å². The summed E-state index contributed by atoms with van der Waals surface area (Å²) in [4.78, 5) is 13.4. The summed E-state index contributed by atoms with van der Waals surface area (Å²) in [7, 11) is 1.31. The van der Waals surface area contributed by atoms with Crippen molar-refractivity contribution in [1.29, 1.82) is 0 Å².